The molecule has 1 fully saturated rings. The van der Waals surface area contributed by atoms with Crippen LogP contribution >= 0.6 is 0 Å². The average Bonchev–Trinajstić information content (AvgIpc) is 2.53. The normalized spacial score (nSPS) is 16.6. The number of nitrogens with zero attached hydrogens (tertiary/aromatic N) is 1. The Balaban J connectivity index is 1.72. The molecule has 1 aromatic heterocycles. The van der Waals surface area contributed by atoms with Crippen LogP contribution in [0.5, 0.6) is 0 Å². The van der Waals surface area contributed by atoms with Crippen LogP contribution in [0.1, 0.15) is 36.1 Å². The van der Waals surface area contributed by atoms with Gasteiger partial charge in [-0.1, -0.05) is 6.42 Å². The van der Waals surface area contributed by atoms with E-state index in [-0.39, 0.29) is 24.7 Å². The number of amides is 2. The fraction of sp³-hybridized carbons (Fsp3) is 0.647. The molecule has 1 aliphatic heterocycles. The molecule has 1 saturated heterocycles. The van der Waals surface area contributed by atoms with Crippen LogP contribution in [0.3, 0.4) is 0 Å². The van der Waals surface area contributed by atoms with Gasteiger partial charge >= 0.3 is 6.03 Å². The molecule has 0 bridgehead atoms. The van der Waals surface area contributed by atoms with E-state index in [4.69, 9.17) is 0 Å². The van der Waals surface area contributed by atoms with E-state index >= 15 is 0 Å². The predicted octanol–water partition coefficient (Wildman–Crippen LogP) is 0.638. The molecule has 7 heteroatoms. The van der Waals surface area contributed by atoms with Crippen LogP contribution in [0, 0.1) is 13.8 Å². The third kappa shape index (κ3) is 5.65. The molecule has 1 aromatic rings. The smallest absolute Gasteiger partial charge is 0.315 e. The van der Waals surface area contributed by atoms with Gasteiger partial charge < -0.3 is 25.6 Å². The average molecular weight is 336 g/mol. The number of hydrogen-bond acceptors (Lipinski definition) is 4. The zero-order valence-corrected chi connectivity index (χ0v) is 14.5. The molecule has 0 saturated carbocycles. The van der Waals surface area contributed by atoms with E-state index in [1.165, 1.54) is 19.3 Å². The summed E-state index contributed by atoms with van der Waals surface area (Å²) in [5.41, 5.74) is 2.01. The Hall–Kier alpha value is -1.86. The van der Waals surface area contributed by atoms with Gasteiger partial charge in [-0.05, 0) is 51.4 Å². The summed E-state index contributed by atoms with van der Waals surface area (Å²) in [6, 6.07) is 1.49. The molecule has 134 valence electrons. The minimum absolute atomic E-state index is 0.162. The lowest BCUT2D eigenvalue weighted by atomic mass is 10.1. The number of hydrogen-bond donors (Lipinski definition) is 4. The number of aromatic amines is 1. The molecular weight excluding hydrogens is 308 g/mol. The summed E-state index contributed by atoms with van der Waals surface area (Å²) in [6.07, 6.45) is 3.01. The topological polar surface area (TPSA) is 97.5 Å². The highest BCUT2D eigenvalue weighted by Gasteiger charge is 2.15. The van der Waals surface area contributed by atoms with Crippen LogP contribution in [0.4, 0.5) is 4.79 Å². The molecule has 1 unspecified atom stereocenters. The van der Waals surface area contributed by atoms with Crippen LogP contribution in [-0.2, 0) is 6.54 Å². The summed E-state index contributed by atoms with van der Waals surface area (Å²) >= 11 is 0. The second-order valence-corrected chi connectivity index (χ2v) is 6.52. The van der Waals surface area contributed by atoms with E-state index in [0.717, 1.165) is 24.3 Å². The van der Waals surface area contributed by atoms with E-state index in [1.54, 1.807) is 0 Å². The maximum atomic E-state index is 11.9. The molecule has 2 amide bonds. The van der Waals surface area contributed by atoms with Crippen molar-refractivity contribution < 1.29 is 9.90 Å². The van der Waals surface area contributed by atoms with Gasteiger partial charge in [0.2, 0.25) is 0 Å². The number of rotatable bonds is 6. The summed E-state index contributed by atoms with van der Waals surface area (Å²) in [7, 11) is 0. The quantitative estimate of drug-likeness (QED) is 0.613. The highest BCUT2D eigenvalue weighted by Crippen LogP contribution is 2.08. The third-order valence-electron chi connectivity index (χ3n) is 4.34. The second-order valence-electron chi connectivity index (χ2n) is 6.52. The minimum atomic E-state index is -0.585. The van der Waals surface area contributed by atoms with Crippen molar-refractivity contribution >= 4 is 6.03 Å². The summed E-state index contributed by atoms with van der Waals surface area (Å²) in [4.78, 5) is 28.7. The van der Waals surface area contributed by atoms with Crippen molar-refractivity contribution in [3.63, 3.8) is 0 Å². The first-order valence-electron chi connectivity index (χ1n) is 8.57. The van der Waals surface area contributed by atoms with Crippen molar-refractivity contribution in [1.29, 1.82) is 0 Å². The first kappa shape index (κ1) is 18.5. The number of carbonyl (C=O) groups excluding carboxylic acids is 1. The number of pyridine rings is 1. The highest BCUT2D eigenvalue weighted by atomic mass is 16.3. The number of aliphatic hydroxyl groups is 1. The Morgan fingerprint density at radius 3 is 2.67 bits per heavy atom. The first-order valence-corrected chi connectivity index (χ1v) is 8.57. The van der Waals surface area contributed by atoms with Crippen molar-refractivity contribution in [3.8, 4) is 0 Å². The van der Waals surface area contributed by atoms with Crippen molar-refractivity contribution in [2.24, 2.45) is 0 Å². The Bertz CT molecular complexity index is 608. The number of urea groups is 1. The Morgan fingerprint density at radius 1 is 1.29 bits per heavy atom. The van der Waals surface area contributed by atoms with E-state index in [1.807, 2.05) is 19.9 Å². The van der Waals surface area contributed by atoms with Gasteiger partial charge in [-0.25, -0.2) is 4.79 Å². The molecule has 0 aliphatic carbocycles. The number of carbonyl (C=O) groups is 1. The number of nitrogens with one attached hydrogen (secondary N) is 3. The number of H-pyrrole nitrogens is 1. The molecular formula is C17H28N4O3. The zero-order valence-electron chi connectivity index (χ0n) is 14.5. The van der Waals surface area contributed by atoms with Crippen LogP contribution in [0.2, 0.25) is 0 Å². The summed E-state index contributed by atoms with van der Waals surface area (Å²) in [5, 5.41) is 15.3. The SMILES string of the molecule is Cc1cc(C)c(CNC(=O)NCC(O)CN2CCCCC2)c(=O)[nH]1. The molecule has 1 atom stereocenters. The van der Waals surface area contributed by atoms with Crippen molar-refractivity contribution in [1.82, 2.24) is 20.5 Å². The van der Waals surface area contributed by atoms with Crippen LogP contribution < -0.4 is 16.2 Å². The van der Waals surface area contributed by atoms with E-state index in [0.29, 0.717) is 12.1 Å². The van der Waals surface area contributed by atoms with Crippen LogP contribution in [-0.4, -0.2) is 53.3 Å². The second kappa shape index (κ2) is 8.84. The molecule has 0 spiro atoms. The number of β-amino-alcohol motifs (C(OH)–C–C–N with tert-alkyl or cyclic N) is 1. The van der Waals surface area contributed by atoms with E-state index < -0.39 is 6.10 Å². The number of likely N-dealkylation sites (tertiary alicyclic amines) is 1. The Labute approximate surface area is 142 Å². The number of aromatic nitrogens is 1. The Morgan fingerprint density at radius 2 is 2.00 bits per heavy atom. The monoisotopic (exact) mass is 336 g/mol. The van der Waals surface area contributed by atoms with E-state index in [2.05, 4.69) is 20.5 Å². The summed E-state index contributed by atoms with van der Waals surface area (Å²) in [5.74, 6) is 0. The molecule has 7 nitrogen and oxygen atoms in total. The molecule has 0 radical (unpaired) electrons. The molecule has 4 N–H and O–H groups in total. The Kier molecular flexibility index (Phi) is 6.81. The first-order chi connectivity index (χ1) is 11.5. The van der Waals surface area contributed by atoms with Gasteiger partial charge in [0.1, 0.15) is 0 Å². The lowest BCUT2D eigenvalue weighted by Crippen LogP contribution is -2.44. The van der Waals surface area contributed by atoms with Gasteiger partial charge in [0.15, 0.2) is 0 Å². The largest absolute Gasteiger partial charge is 0.390 e. The standard InChI is InChI=1S/C17H28N4O3/c1-12-8-13(2)20-16(23)15(12)10-19-17(24)18-9-14(22)11-21-6-4-3-5-7-21/h8,14,22H,3-7,9-11H2,1-2H3,(H,20,23)(H2,18,19,24). The molecule has 24 heavy (non-hydrogen) atoms. The van der Waals surface area contributed by atoms with Gasteiger partial charge in [-0.15, -0.1) is 0 Å². The fourth-order valence-electron chi connectivity index (χ4n) is 3.05. The van der Waals surface area contributed by atoms with Crippen LogP contribution in [0.15, 0.2) is 10.9 Å². The molecule has 2 rings (SSSR count). The van der Waals surface area contributed by atoms with Gasteiger partial charge in [-0.2, -0.15) is 0 Å². The fourth-order valence-corrected chi connectivity index (χ4v) is 3.05. The zero-order chi connectivity index (χ0) is 17.5. The van der Waals surface area contributed by atoms with Gasteiger partial charge in [0.05, 0.1) is 12.6 Å². The minimum Gasteiger partial charge on any atom is -0.390 e. The van der Waals surface area contributed by atoms with Crippen molar-refractivity contribution in [3.05, 3.63) is 33.2 Å². The number of aryl methyl sites for hydroxylation is 2. The highest BCUT2D eigenvalue weighted by molar-refractivity contribution is 5.73. The number of aliphatic hydroxyl groups excluding tert-OH is 1. The predicted molar refractivity (Wildman–Crippen MR) is 93.1 cm³/mol. The maximum Gasteiger partial charge on any atom is 0.315 e. The number of piperidine rings is 1. The van der Waals surface area contributed by atoms with Crippen molar-refractivity contribution in [2.45, 2.75) is 45.8 Å². The molecule has 0 aromatic carbocycles. The van der Waals surface area contributed by atoms with Crippen LogP contribution in [0.25, 0.3) is 0 Å². The van der Waals surface area contributed by atoms with E-state index in [9.17, 15) is 14.7 Å². The maximum absolute atomic E-state index is 11.9. The van der Waals surface area contributed by atoms with Crippen molar-refractivity contribution in [2.75, 3.05) is 26.2 Å². The third-order valence-corrected chi connectivity index (χ3v) is 4.34. The lowest BCUT2D eigenvalue weighted by molar-refractivity contribution is 0.101. The summed E-state index contributed by atoms with van der Waals surface area (Å²) < 4.78 is 0. The molecule has 1 aliphatic rings. The van der Waals surface area contributed by atoms with Gasteiger partial charge in [0, 0.05) is 24.3 Å². The van der Waals surface area contributed by atoms with Gasteiger partial charge in [-0.3, -0.25) is 4.79 Å². The summed E-state index contributed by atoms with van der Waals surface area (Å²) in [6.45, 7) is 6.64. The molecule has 2 heterocycles. The van der Waals surface area contributed by atoms with Gasteiger partial charge in [0.25, 0.3) is 5.56 Å². The lowest BCUT2D eigenvalue weighted by Gasteiger charge is -2.28.